The number of anilines is 1. The highest BCUT2D eigenvalue weighted by molar-refractivity contribution is 7.99. The average molecular weight is 236 g/mol. The topological polar surface area (TPSA) is 75.6 Å². The second kappa shape index (κ2) is 5.71. The summed E-state index contributed by atoms with van der Waals surface area (Å²) in [6.45, 7) is 6.24. The number of rotatable bonds is 4. The maximum absolute atomic E-state index is 8.92. The molecule has 0 fully saturated rings. The van der Waals surface area contributed by atoms with Gasteiger partial charge in [-0.3, -0.25) is 0 Å². The van der Waals surface area contributed by atoms with Gasteiger partial charge < -0.3 is 5.73 Å². The van der Waals surface area contributed by atoms with Gasteiger partial charge in [-0.25, -0.2) is 9.97 Å². The van der Waals surface area contributed by atoms with Gasteiger partial charge in [0.25, 0.3) is 0 Å². The largest absolute Gasteiger partial charge is 0.382 e. The third-order valence-corrected chi connectivity index (χ3v) is 3.26. The first-order valence-electron chi connectivity index (χ1n) is 5.27. The predicted octanol–water partition coefficient (Wildman–Crippen LogP) is 2.24. The maximum atomic E-state index is 8.92. The number of hydrogen-bond donors (Lipinski definition) is 1. The molecule has 0 saturated heterocycles. The van der Waals surface area contributed by atoms with Crippen LogP contribution in [0.25, 0.3) is 0 Å². The van der Waals surface area contributed by atoms with Crippen molar-refractivity contribution in [3.8, 4) is 6.07 Å². The van der Waals surface area contributed by atoms with Crippen LogP contribution in [0.2, 0.25) is 0 Å². The molecule has 86 valence electrons. The molecule has 0 atom stereocenters. The quantitative estimate of drug-likeness (QED) is 0.641. The van der Waals surface area contributed by atoms with E-state index in [1.54, 1.807) is 11.8 Å². The van der Waals surface area contributed by atoms with E-state index in [0.29, 0.717) is 28.9 Å². The molecule has 1 aromatic heterocycles. The van der Waals surface area contributed by atoms with Gasteiger partial charge in [0.1, 0.15) is 17.5 Å². The molecule has 16 heavy (non-hydrogen) atoms. The zero-order chi connectivity index (χ0) is 12.1. The maximum Gasteiger partial charge on any atom is 0.189 e. The summed E-state index contributed by atoms with van der Waals surface area (Å²) in [7, 11) is 0. The van der Waals surface area contributed by atoms with Crippen molar-refractivity contribution in [2.24, 2.45) is 5.92 Å². The molecule has 1 rings (SSSR count). The number of thioether (sulfide) groups is 1. The van der Waals surface area contributed by atoms with Gasteiger partial charge in [0.05, 0.1) is 5.69 Å². The molecule has 0 bridgehead atoms. The first-order valence-corrected chi connectivity index (χ1v) is 6.26. The minimum absolute atomic E-state index is 0.292. The molecule has 0 spiro atoms. The van der Waals surface area contributed by atoms with Crippen molar-refractivity contribution in [1.29, 1.82) is 5.26 Å². The molecule has 4 nitrogen and oxygen atoms in total. The number of nitrogens with two attached hydrogens (primary N) is 1. The molecule has 0 aliphatic carbocycles. The Morgan fingerprint density at radius 3 is 2.62 bits per heavy atom. The lowest BCUT2D eigenvalue weighted by atomic mass is 10.2. The molecular weight excluding hydrogens is 220 g/mol. The molecule has 1 aromatic rings. The second-order valence-electron chi connectivity index (χ2n) is 3.88. The van der Waals surface area contributed by atoms with Crippen molar-refractivity contribution in [3.63, 3.8) is 0 Å². The molecule has 0 amide bonds. The Hall–Kier alpha value is -1.28. The van der Waals surface area contributed by atoms with Crippen LogP contribution in [-0.2, 0) is 6.42 Å². The Balaban J connectivity index is 2.98. The number of nitrogens with zero attached hydrogens (tertiary/aromatic N) is 3. The number of aromatic nitrogens is 2. The third-order valence-electron chi connectivity index (χ3n) is 1.98. The Morgan fingerprint density at radius 1 is 1.44 bits per heavy atom. The Labute approximate surface area is 100 Å². The van der Waals surface area contributed by atoms with Crippen LogP contribution < -0.4 is 5.73 Å². The summed E-state index contributed by atoms with van der Waals surface area (Å²) in [6, 6.07) is 2.05. The molecule has 1 heterocycles. The van der Waals surface area contributed by atoms with Crippen molar-refractivity contribution in [1.82, 2.24) is 9.97 Å². The highest BCUT2D eigenvalue weighted by Crippen LogP contribution is 2.21. The van der Waals surface area contributed by atoms with E-state index in [0.717, 1.165) is 11.4 Å². The van der Waals surface area contributed by atoms with E-state index in [1.165, 1.54) is 0 Å². The molecule has 0 aromatic carbocycles. The van der Waals surface area contributed by atoms with E-state index < -0.39 is 0 Å². The second-order valence-corrected chi connectivity index (χ2v) is 4.87. The standard InChI is InChI=1S/C11H16N4S/c1-4-9-8(5-12)10(13)15-11(14-9)16-6-7(2)3/h7H,4,6H2,1-3H3,(H2,13,14,15). The highest BCUT2D eigenvalue weighted by atomic mass is 32.2. The van der Waals surface area contributed by atoms with Gasteiger partial charge in [0.2, 0.25) is 0 Å². The van der Waals surface area contributed by atoms with Gasteiger partial charge in [-0.05, 0) is 12.3 Å². The van der Waals surface area contributed by atoms with E-state index in [4.69, 9.17) is 11.0 Å². The lowest BCUT2D eigenvalue weighted by molar-refractivity contribution is 0.747. The van der Waals surface area contributed by atoms with E-state index >= 15 is 0 Å². The number of nitriles is 1. The summed E-state index contributed by atoms with van der Waals surface area (Å²) in [5.41, 5.74) is 6.88. The fourth-order valence-corrected chi connectivity index (χ4v) is 2.01. The SMILES string of the molecule is CCc1nc(SCC(C)C)nc(N)c1C#N. The molecule has 0 saturated carbocycles. The van der Waals surface area contributed by atoms with Gasteiger partial charge in [-0.1, -0.05) is 32.5 Å². The summed E-state index contributed by atoms with van der Waals surface area (Å²) < 4.78 is 0. The van der Waals surface area contributed by atoms with Crippen molar-refractivity contribution in [2.45, 2.75) is 32.3 Å². The summed E-state index contributed by atoms with van der Waals surface area (Å²) in [5, 5.41) is 9.59. The Kier molecular flexibility index (Phi) is 4.56. The third kappa shape index (κ3) is 3.11. The number of hydrogen-bond acceptors (Lipinski definition) is 5. The first-order chi connectivity index (χ1) is 7.58. The molecule has 0 radical (unpaired) electrons. The van der Waals surface area contributed by atoms with Crippen LogP contribution in [-0.4, -0.2) is 15.7 Å². The van der Waals surface area contributed by atoms with Gasteiger partial charge in [-0.15, -0.1) is 0 Å². The number of aryl methyl sites for hydroxylation is 1. The lowest BCUT2D eigenvalue weighted by Crippen LogP contribution is -2.05. The Morgan fingerprint density at radius 2 is 2.12 bits per heavy atom. The molecule has 0 aliphatic heterocycles. The normalized spacial score (nSPS) is 10.4. The van der Waals surface area contributed by atoms with E-state index in [-0.39, 0.29) is 0 Å². The van der Waals surface area contributed by atoms with Crippen LogP contribution in [0.4, 0.5) is 5.82 Å². The van der Waals surface area contributed by atoms with Gasteiger partial charge >= 0.3 is 0 Å². The summed E-state index contributed by atoms with van der Waals surface area (Å²) >= 11 is 1.58. The van der Waals surface area contributed by atoms with Gasteiger partial charge in [-0.2, -0.15) is 5.26 Å². The lowest BCUT2D eigenvalue weighted by Gasteiger charge is -2.07. The minimum Gasteiger partial charge on any atom is -0.382 e. The number of nitrogen functional groups attached to an aromatic ring is 1. The van der Waals surface area contributed by atoms with Crippen molar-refractivity contribution >= 4 is 17.6 Å². The monoisotopic (exact) mass is 236 g/mol. The van der Waals surface area contributed by atoms with Crippen molar-refractivity contribution < 1.29 is 0 Å². The minimum atomic E-state index is 0.292. The van der Waals surface area contributed by atoms with Gasteiger partial charge in [0, 0.05) is 5.75 Å². The molecule has 5 heteroatoms. The molecule has 2 N–H and O–H groups in total. The van der Waals surface area contributed by atoms with E-state index in [1.807, 2.05) is 13.0 Å². The average Bonchev–Trinajstić information content (AvgIpc) is 2.25. The fraction of sp³-hybridized carbons (Fsp3) is 0.545. The highest BCUT2D eigenvalue weighted by Gasteiger charge is 2.11. The van der Waals surface area contributed by atoms with Crippen LogP contribution in [0.3, 0.4) is 0 Å². The van der Waals surface area contributed by atoms with Crippen LogP contribution in [0.5, 0.6) is 0 Å². The fourth-order valence-electron chi connectivity index (χ4n) is 1.19. The van der Waals surface area contributed by atoms with Crippen LogP contribution >= 0.6 is 11.8 Å². The summed E-state index contributed by atoms with van der Waals surface area (Å²) in [4.78, 5) is 8.48. The van der Waals surface area contributed by atoms with E-state index in [9.17, 15) is 0 Å². The summed E-state index contributed by atoms with van der Waals surface area (Å²) in [6.07, 6.45) is 0.699. The van der Waals surface area contributed by atoms with Crippen molar-refractivity contribution in [3.05, 3.63) is 11.3 Å². The van der Waals surface area contributed by atoms with E-state index in [2.05, 4.69) is 23.8 Å². The predicted molar refractivity (Wildman–Crippen MR) is 66.1 cm³/mol. The van der Waals surface area contributed by atoms with Crippen LogP contribution in [0.15, 0.2) is 5.16 Å². The Bertz CT molecular complexity index is 409. The van der Waals surface area contributed by atoms with Crippen LogP contribution in [0, 0.1) is 17.2 Å². The zero-order valence-corrected chi connectivity index (χ0v) is 10.6. The smallest absolute Gasteiger partial charge is 0.189 e. The molecule has 0 unspecified atom stereocenters. The zero-order valence-electron chi connectivity index (χ0n) is 9.82. The summed E-state index contributed by atoms with van der Waals surface area (Å²) in [5.74, 6) is 1.82. The molecular formula is C11H16N4S. The van der Waals surface area contributed by atoms with Crippen molar-refractivity contribution in [2.75, 3.05) is 11.5 Å². The first kappa shape index (κ1) is 12.8. The van der Waals surface area contributed by atoms with Crippen LogP contribution in [0.1, 0.15) is 32.0 Å². The molecule has 0 aliphatic rings. The van der Waals surface area contributed by atoms with Gasteiger partial charge in [0.15, 0.2) is 5.16 Å².